The maximum absolute atomic E-state index is 12.5. The van der Waals surface area contributed by atoms with Crippen LogP contribution in [0, 0.1) is 5.92 Å². The van der Waals surface area contributed by atoms with Crippen LogP contribution >= 0.6 is 0 Å². The van der Waals surface area contributed by atoms with Crippen LogP contribution < -0.4 is 0 Å². The van der Waals surface area contributed by atoms with E-state index < -0.39 is 23.6 Å². The van der Waals surface area contributed by atoms with Crippen LogP contribution in [0.25, 0.3) is 0 Å². The monoisotopic (exact) mass is 339 g/mol. The van der Waals surface area contributed by atoms with Crippen molar-refractivity contribution in [3.63, 3.8) is 0 Å². The fraction of sp³-hybridized carbons (Fsp3) is 0.562. The van der Waals surface area contributed by atoms with E-state index in [1.54, 1.807) is 6.92 Å². The lowest BCUT2D eigenvalue weighted by molar-refractivity contribution is -0.281. The summed E-state index contributed by atoms with van der Waals surface area (Å²) in [4.78, 5) is 38.7. The third-order valence-electron chi connectivity index (χ3n) is 3.97. The molecule has 1 aromatic heterocycles. The Kier molecular flexibility index (Phi) is 5.74. The van der Waals surface area contributed by atoms with Gasteiger partial charge in [0.1, 0.15) is 11.6 Å². The molecule has 0 aromatic carbocycles. The molecule has 1 N–H and O–H groups in total. The molecule has 1 unspecified atom stereocenters. The average Bonchev–Trinajstić information content (AvgIpc) is 3.08. The maximum Gasteiger partial charge on any atom is 0.354 e. The Morgan fingerprint density at radius 2 is 1.79 bits per heavy atom. The summed E-state index contributed by atoms with van der Waals surface area (Å²) < 4.78 is 20.6. The first-order valence-corrected chi connectivity index (χ1v) is 7.57. The predicted molar refractivity (Wildman–Crippen MR) is 81.5 cm³/mol. The van der Waals surface area contributed by atoms with Crippen molar-refractivity contribution >= 4 is 17.7 Å². The molecule has 0 radical (unpaired) electrons. The number of hydrogen-bond acceptors (Lipinski definition) is 7. The number of ether oxygens (including phenoxy) is 4. The predicted octanol–water partition coefficient (Wildman–Crippen LogP) is 1.32. The van der Waals surface area contributed by atoms with E-state index in [0.29, 0.717) is 13.2 Å². The van der Waals surface area contributed by atoms with Crippen molar-refractivity contribution in [2.24, 2.45) is 5.92 Å². The first-order valence-electron chi connectivity index (χ1n) is 7.57. The largest absolute Gasteiger partial charge is 0.469 e. The van der Waals surface area contributed by atoms with Crippen molar-refractivity contribution in [3.8, 4) is 0 Å². The third-order valence-corrected chi connectivity index (χ3v) is 3.97. The van der Waals surface area contributed by atoms with E-state index in [2.05, 4.69) is 9.72 Å². The molecule has 0 amide bonds. The quantitative estimate of drug-likeness (QED) is 0.615. The molecule has 132 valence electrons. The average molecular weight is 339 g/mol. The molecule has 1 atom stereocenters. The minimum absolute atomic E-state index is 0.159. The number of carbonyl (C=O) groups is 3. The summed E-state index contributed by atoms with van der Waals surface area (Å²) in [5.41, 5.74) is 0.357. The zero-order chi connectivity index (χ0) is 17.7. The van der Waals surface area contributed by atoms with Crippen LogP contribution in [0.5, 0.6) is 0 Å². The number of H-pyrrole nitrogens is 1. The molecule has 1 aromatic rings. The van der Waals surface area contributed by atoms with Crippen molar-refractivity contribution in [1.29, 1.82) is 0 Å². The number of esters is 2. The number of aromatic amines is 1. The summed E-state index contributed by atoms with van der Waals surface area (Å²) in [6, 6.07) is 2.91. The van der Waals surface area contributed by atoms with E-state index >= 15 is 0 Å². The van der Waals surface area contributed by atoms with E-state index in [9.17, 15) is 14.4 Å². The van der Waals surface area contributed by atoms with Gasteiger partial charge in [-0.15, -0.1) is 0 Å². The van der Waals surface area contributed by atoms with Crippen LogP contribution in [0.1, 0.15) is 40.7 Å². The first-order chi connectivity index (χ1) is 11.4. The Balaban J connectivity index is 2.16. The standard InChI is InChI=1S/C16H21NO7/c1-16(23-7-4-8-24-16)10(14(19)21-2)9-13(18)11-5-6-12(17-11)15(20)22-3/h5-6,10,17H,4,7-9H2,1-3H3. The SMILES string of the molecule is COC(=O)c1ccc(C(=O)CC(C(=O)OC)C2(C)OCCCO2)[nH]1. The number of nitrogens with one attached hydrogen (secondary N) is 1. The zero-order valence-electron chi connectivity index (χ0n) is 13.9. The highest BCUT2D eigenvalue weighted by Crippen LogP contribution is 2.31. The van der Waals surface area contributed by atoms with Crippen LogP contribution in [-0.2, 0) is 23.7 Å². The van der Waals surface area contributed by atoms with Gasteiger partial charge >= 0.3 is 11.9 Å². The normalized spacial score (nSPS) is 17.8. The number of ketones is 1. The van der Waals surface area contributed by atoms with E-state index in [1.165, 1.54) is 26.4 Å². The molecule has 1 fully saturated rings. The Labute approximate surface area is 139 Å². The van der Waals surface area contributed by atoms with Gasteiger partial charge in [0.05, 0.1) is 33.1 Å². The maximum atomic E-state index is 12.5. The number of carbonyl (C=O) groups excluding carboxylic acids is 3. The Bertz CT molecular complexity index is 616. The van der Waals surface area contributed by atoms with Crippen molar-refractivity contribution in [2.75, 3.05) is 27.4 Å². The van der Waals surface area contributed by atoms with E-state index in [4.69, 9.17) is 14.2 Å². The fourth-order valence-electron chi connectivity index (χ4n) is 2.56. The molecule has 24 heavy (non-hydrogen) atoms. The zero-order valence-corrected chi connectivity index (χ0v) is 13.9. The summed E-state index contributed by atoms with van der Waals surface area (Å²) in [5, 5.41) is 0. The van der Waals surface area contributed by atoms with Gasteiger partial charge in [-0.1, -0.05) is 0 Å². The fourth-order valence-corrected chi connectivity index (χ4v) is 2.56. The second-order valence-corrected chi connectivity index (χ2v) is 5.55. The second kappa shape index (κ2) is 7.59. The summed E-state index contributed by atoms with van der Waals surface area (Å²) in [5.74, 6) is -3.67. The van der Waals surface area contributed by atoms with Gasteiger partial charge in [-0.2, -0.15) is 0 Å². The number of Topliss-reactive ketones (excluding diaryl/α,β-unsaturated/α-hetero) is 1. The Morgan fingerprint density at radius 1 is 1.17 bits per heavy atom. The molecule has 8 nitrogen and oxygen atoms in total. The molecule has 2 rings (SSSR count). The topological polar surface area (TPSA) is 104 Å². The Hall–Kier alpha value is -2.19. The van der Waals surface area contributed by atoms with Gasteiger partial charge < -0.3 is 23.9 Å². The van der Waals surface area contributed by atoms with E-state index in [-0.39, 0.29) is 23.6 Å². The van der Waals surface area contributed by atoms with Gasteiger partial charge in [-0.3, -0.25) is 9.59 Å². The molecule has 8 heteroatoms. The van der Waals surface area contributed by atoms with Crippen LogP contribution in [0.4, 0.5) is 0 Å². The second-order valence-electron chi connectivity index (χ2n) is 5.55. The van der Waals surface area contributed by atoms with Gasteiger partial charge in [-0.25, -0.2) is 4.79 Å². The highest BCUT2D eigenvalue weighted by Gasteiger charge is 2.45. The van der Waals surface area contributed by atoms with Gasteiger partial charge in [0, 0.05) is 6.42 Å². The van der Waals surface area contributed by atoms with Crippen molar-refractivity contribution in [2.45, 2.75) is 25.6 Å². The number of methoxy groups -OCH3 is 2. The number of rotatable bonds is 6. The van der Waals surface area contributed by atoms with Gasteiger partial charge in [-0.05, 0) is 25.5 Å². The highest BCUT2D eigenvalue weighted by atomic mass is 16.7. The third kappa shape index (κ3) is 3.82. The molecular formula is C16H21NO7. The first kappa shape index (κ1) is 18.2. The molecule has 0 saturated carbocycles. The molecule has 2 heterocycles. The molecule has 1 aliphatic heterocycles. The molecular weight excluding hydrogens is 318 g/mol. The number of aromatic nitrogens is 1. The summed E-state index contributed by atoms with van der Waals surface area (Å²) in [6.45, 7) is 2.50. The molecule has 0 aliphatic carbocycles. The van der Waals surface area contributed by atoms with Crippen LogP contribution in [0.3, 0.4) is 0 Å². The molecule has 0 spiro atoms. The van der Waals surface area contributed by atoms with Crippen molar-refractivity contribution < 1.29 is 33.3 Å². The lowest BCUT2D eigenvalue weighted by Crippen LogP contribution is -2.48. The molecule has 1 saturated heterocycles. The van der Waals surface area contributed by atoms with Gasteiger partial charge in [0.2, 0.25) is 0 Å². The van der Waals surface area contributed by atoms with E-state index in [1.807, 2.05) is 0 Å². The Morgan fingerprint density at radius 3 is 2.38 bits per heavy atom. The van der Waals surface area contributed by atoms with Crippen molar-refractivity contribution in [1.82, 2.24) is 4.98 Å². The highest BCUT2D eigenvalue weighted by molar-refractivity contribution is 5.98. The van der Waals surface area contributed by atoms with Crippen molar-refractivity contribution in [3.05, 3.63) is 23.5 Å². The lowest BCUT2D eigenvalue weighted by atomic mass is 9.92. The lowest BCUT2D eigenvalue weighted by Gasteiger charge is -2.38. The van der Waals surface area contributed by atoms with Crippen LogP contribution in [-0.4, -0.2) is 55.9 Å². The van der Waals surface area contributed by atoms with Gasteiger partial charge in [0.15, 0.2) is 11.6 Å². The molecule has 0 bridgehead atoms. The summed E-state index contributed by atoms with van der Waals surface area (Å²) in [6.07, 6.45) is 0.543. The van der Waals surface area contributed by atoms with Crippen LogP contribution in [0.2, 0.25) is 0 Å². The van der Waals surface area contributed by atoms with Gasteiger partial charge in [0.25, 0.3) is 0 Å². The smallest absolute Gasteiger partial charge is 0.354 e. The molecule has 1 aliphatic rings. The minimum atomic E-state index is -1.22. The van der Waals surface area contributed by atoms with E-state index in [0.717, 1.165) is 6.42 Å². The number of hydrogen-bond donors (Lipinski definition) is 1. The minimum Gasteiger partial charge on any atom is -0.469 e. The summed E-state index contributed by atoms with van der Waals surface area (Å²) in [7, 11) is 2.49. The van der Waals surface area contributed by atoms with Crippen LogP contribution in [0.15, 0.2) is 12.1 Å². The summed E-state index contributed by atoms with van der Waals surface area (Å²) >= 11 is 0.